The third-order valence-electron chi connectivity index (χ3n) is 2.15. The van der Waals surface area contributed by atoms with Crippen LogP contribution >= 0.6 is 12.4 Å². The van der Waals surface area contributed by atoms with Gasteiger partial charge in [0.25, 0.3) is 0 Å². The predicted molar refractivity (Wildman–Crippen MR) is 53.8 cm³/mol. The Hall–Kier alpha value is -0.510. The van der Waals surface area contributed by atoms with Crippen molar-refractivity contribution in [3.63, 3.8) is 0 Å². The van der Waals surface area contributed by atoms with Gasteiger partial charge in [-0.2, -0.15) is 0 Å². The van der Waals surface area contributed by atoms with E-state index in [1.165, 1.54) is 0 Å². The van der Waals surface area contributed by atoms with Crippen molar-refractivity contribution in [3.8, 4) is 0 Å². The molecule has 0 unspecified atom stereocenters. The first-order valence-corrected chi connectivity index (χ1v) is 3.96. The number of aliphatic hydroxyl groups is 1. The number of furan rings is 1. The summed E-state index contributed by atoms with van der Waals surface area (Å²) in [5, 5.41) is 9.05. The van der Waals surface area contributed by atoms with Gasteiger partial charge in [-0.3, -0.25) is 0 Å². The summed E-state index contributed by atoms with van der Waals surface area (Å²) in [6.07, 6.45) is 3.20. The van der Waals surface area contributed by atoms with E-state index >= 15 is 0 Å². The maximum absolute atomic E-state index is 9.05. The molecule has 0 aromatic carbocycles. The molecule has 1 atom stereocenters. The second-order valence-corrected chi connectivity index (χ2v) is 3.68. The minimum Gasteiger partial charge on any atom is -0.472 e. The van der Waals surface area contributed by atoms with Gasteiger partial charge in [-0.05, 0) is 6.07 Å². The summed E-state index contributed by atoms with van der Waals surface area (Å²) in [5.74, 6) is 0. The van der Waals surface area contributed by atoms with E-state index in [-0.39, 0.29) is 30.5 Å². The topological polar surface area (TPSA) is 59.4 Å². The minimum atomic E-state index is -0.302. The maximum atomic E-state index is 9.05. The molecule has 0 radical (unpaired) electrons. The normalized spacial score (nSPS) is 13.5. The first-order chi connectivity index (χ1) is 5.58. The molecule has 0 saturated heterocycles. The van der Waals surface area contributed by atoms with Crippen LogP contribution in [0, 0.1) is 5.41 Å². The molecule has 1 aromatic rings. The highest BCUT2D eigenvalue weighted by atomic mass is 35.5. The first kappa shape index (κ1) is 12.5. The lowest BCUT2D eigenvalue weighted by Crippen LogP contribution is -2.32. The van der Waals surface area contributed by atoms with Crippen molar-refractivity contribution in [2.24, 2.45) is 11.1 Å². The van der Waals surface area contributed by atoms with Crippen LogP contribution in [-0.4, -0.2) is 11.7 Å². The molecule has 0 aliphatic carbocycles. The molecule has 1 rings (SSSR count). The highest BCUT2D eigenvalue weighted by Gasteiger charge is 2.27. The minimum absolute atomic E-state index is 0. The Bertz CT molecular complexity index is 234. The van der Waals surface area contributed by atoms with Crippen molar-refractivity contribution < 1.29 is 9.52 Å². The van der Waals surface area contributed by atoms with Crippen LogP contribution in [0.15, 0.2) is 23.0 Å². The highest BCUT2D eigenvalue weighted by molar-refractivity contribution is 5.85. The highest BCUT2D eigenvalue weighted by Crippen LogP contribution is 2.30. The summed E-state index contributed by atoms with van der Waals surface area (Å²) in [6.45, 7) is 3.91. The monoisotopic (exact) mass is 205 g/mol. The Balaban J connectivity index is 0.00000144. The van der Waals surface area contributed by atoms with E-state index in [1.54, 1.807) is 12.5 Å². The fraction of sp³-hybridized carbons (Fsp3) is 0.556. The van der Waals surface area contributed by atoms with Crippen LogP contribution in [0.1, 0.15) is 25.5 Å². The molecule has 3 nitrogen and oxygen atoms in total. The van der Waals surface area contributed by atoms with E-state index in [4.69, 9.17) is 15.3 Å². The van der Waals surface area contributed by atoms with Crippen molar-refractivity contribution >= 4 is 12.4 Å². The van der Waals surface area contributed by atoms with Crippen molar-refractivity contribution in [2.75, 3.05) is 6.61 Å². The number of nitrogens with two attached hydrogens (primary N) is 1. The molecule has 1 heterocycles. The zero-order valence-electron chi connectivity index (χ0n) is 7.86. The molecular formula is C9H16ClNO2. The molecule has 0 spiro atoms. The van der Waals surface area contributed by atoms with E-state index in [2.05, 4.69) is 0 Å². The SMILES string of the molecule is CC(C)(CO)[C@H](N)c1ccoc1.Cl. The standard InChI is InChI=1S/C9H15NO2.ClH/c1-9(2,6-11)8(10)7-3-4-12-5-7;/h3-5,8,11H,6,10H2,1-2H3;1H/t8-;/m1./s1. The average Bonchev–Trinajstić information content (AvgIpc) is 2.55. The molecule has 1 aromatic heterocycles. The number of hydrogen-bond donors (Lipinski definition) is 2. The molecule has 4 heteroatoms. The molecule has 0 aliphatic heterocycles. The van der Waals surface area contributed by atoms with Gasteiger partial charge in [-0.15, -0.1) is 12.4 Å². The predicted octanol–water partition coefficient (Wildman–Crippen LogP) is 1.72. The van der Waals surface area contributed by atoms with Gasteiger partial charge >= 0.3 is 0 Å². The largest absolute Gasteiger partial charge is 0.472 e. The lowest BCUT2D eigenvalue weighted by atomic mass is 9.83. The Kier molecular flexibility index (Phi) is 4.47. The van der Waals surface area contributed by atoms with Gasteiger partial charge in [0.15, 0.2) is 0 Å². The van der Waals surface area contributed by atoms with Crippen LogP contribution in [0.3, 0.4) is 0 Å². The number of aliphatic hydroxyl groups excluding tert-OH is 1. The molecule has 0 amide bonds. The quantitative estimate of drug-likeness (QED) is 0.790. The second kappa shape index (κ2) is 4.65. The maximum Gasteiger partial charge on any atom is 0.0950 e. The smallest absolute Gasteiger partial charge is 0.0950 e. The second-order valence-electron chi connectivity index (χ2n) is 3.68. The summed E-state index contributed by atoms with van der Waals surface area (Å²) in [4.78, 5) is 0. The zero-order chi connectivity index (χ0) is 9.19. The van der Waals surface area contributed by atoms with Crippen molar-refractivity contribution in [2.45, 2.75) is 19.9 Å². The summed E-state index contributed by atoms with van der Waals surface area (Å²) in [5.41, 5.74) is 6.53. The summed E-state index contributed by atoms with van der Waals surface area (Å²) in [6, 6.07) is 1.64. The number of hydrogen-bond acceptors (Lipinski definition) is 3. The lowest BCUT2D eigenvalue weighted by molar-refractivity contribution is 0.132. The Morgan fingerprint density at radius 2 is 2.23 bits per heavy atom. The van der Waals surface area contributed by atoms with Gasteiger partial charge in [0, 0.05) is 23.6 Å². The van der Waals surface area contributed by atoms with Gasteiger partial charge < -0.3 is 15.3 Å². The Labute approximate surface area is 84.3 Å². The Morgan fingerprint density at radius 1 is 1.62 bits per heavy atom. The van der Waals surface area contributed by atoms with Crippen LogP contribution in [0.4, 0.5) is 0 Å². The van der Waals surface area contributed by atoms with Crippen molar-refractivity contribution in [1.29, 1.82) is 0 Å². The summed E-state index contributed by atoms with van der Waals surface area (Å²) >= 11 is 0. The molecule has 13 heavy (non-hydrogen) atoms. The van der Waals surface area contributed by atoms with Gasteiger partial charge in [0.05, 0.1) is 12.5 Å². The summed E-state index contributed by atoms with van der Waals surface area (Å²) in [7, 11) is 0. The summed E-state index contributed by atoms with van der Waals surface area (Å²) < 4.78 is 4.91. The van der Waals surface area contributed by atoms with E-state index in [9.17, 15) is 0 Å². The van der Waals surface area contributed by atoms with E-state index in [0.29, 0.717) is 0 Å². The molecule has 0 saturated carbocycles. The Morgan fingerprint density at radius 3 is 2.62 bits per heavy atom. The molecule has 76 valence electrons. The average molecular weight is 206 g/mol. The molecular weight excluding hydrogens is 190 g/mol. The van der Waals surface area contributed by atoms with Crippen LogP contribution < -0.4 is 5.73 Å². The van der Waals surface area contributed by atoms with E-state index in [0.717, 1.165) is 5.56 Å². The third kappa shape index (κ3) is 2.72. The first-order valence-electron chi connectivity index (χ1n) is 3.96. The fourth-order valence-corrected chi connectivity index (χ4v) is 1.00. The fourth-order valence-electron chi connectivity index (χ4n) is 1.00. The van der Waals surface area contributed by atoms with Gasteiger partial charge in [-0.1, -0.05) is 13.8 Å². The van der Waals surface area contributed by atoms with Gasteiger partial charge in [-0.25, -0.2) is 0 Å². The molecule has 3 N–H and O–H groups in total. The van der Waals surface area contributed by atoms with Gasteiger partial charge in [0.2, 0.25) is 0 Å². The van der Waals surface area contributed by atoms with Crippen LogP contribution in [-0.2, 0) is 0 Å². The van der Waals surface area contributed by atoms with Crippen molar-refractivity contribution in [3.05, 3.63) is 24.2 Å². The molecule has 0 fully saturated rings. The van der Waals surface area contributed by atoms with Crippen LogP contribution in [0.25, 0.3) is 0 Å². The van der Waals surface area contributed by atoms with E-state index in [1.807, 2.05) is 19.9 Å². The number of rotatable bonds is 3. The lowest BCUT2D eigenvalue weighted by Gasteiger charge is -2.28. The third-order valence-corrected chi connectivity index (χ3v) is 2.15. The van der Waals surface area contributed by atoms with Gasteiger partial charge in [0.1, 0.15) is 0 Å². The molecule has 0 aliphatic rings. The number of halogens is 1. The van der Waals surface area contributed by atoms with E-state index < -0.39 is 0 Å². The van der Waals surface area contributed by atoms with Crippen LogP contribution in [0.2, 0.25) is 0 Å². The van der Waals surface area contributed by atoms with Crippen molar-refractivity contribution in [1.82, 2.24) is 0 Å². The van der Waals surface area contributed by atoms with Crippen LogP contribution in [0.5, 0.6) is 0 Å². The zero-order valence-corrected chi connectivity index (χ0v) is 8.67. The molecule has 0 bridgehead atoms.